The Balaban J connectivity index is 2.53. The zero-order valence-electron chi connectivity index (χ0n) is 15.4. The molecule has 25 heavy (non-hydrogen) atoms. The largest absolute Gasteiger partial charge is 0.507 e. The number of aryl methyl sites for hydroxylation is 1. The third-order valence-corrected chi connectivity index (χ3v) is 4.80. The number of carbonyl (C=O) groups is 2. The molecule has 2 rings (SSSR count). The van der Waals surface area contributed by atoms with Gasteiger partial charge in [0.2, 0.25) is 11.6 Å². The average Bonchev–Trinajstić information content (AvgIpc) is 2.49. The van der Waals surface area contributed by atoms with Crippen molar-refractivity contribution in [2.24, 2.45) is 5.92 Å². The lowest BCUT2D eigenvalue weighted by Gasteiger charge is -2.26. The number of aliphatic hydroxyl groups is 3. The molecule has 0 bridgehead atoms. The van der Waals surface area contributed by atoms with Crippen molar-refractivity contribution in [1.82, 2.24) is 0 Å². The number of ketones is 2. The summed E-state index contributed by atoms with van der Waals surface area (Å²) in [5.74, 6) is -1.69. The van der Waals surface area contributed by atoms with Crippen LogP contribution in [0.15, 0.2) is 17.7 Å². The van der Waals surface area contributed by atoms with E-state index >= 15 is 0 Å². The van der Waals surface area contributed by atoms with Crippen molar-refractivity contribution in [3.05, 3.63) is 40.0 Å². The molecule has 0 spiro atoms. The first-order valence-corrected chi connectivity index (χ1v) is 8.52. The zero-order valence-corrected chi connectivity index (χ0v) is 15.4. The quantitative estimate of drug-likeness (QED) is 0.713. The Morgan fingerprint density at radius 1 is 1.12 bits per heavy atom. The van der Waals surface area contributed by atoms with E-state index in [4.69, 9.17) is 0 Å². The van der Waals surface area contributed by atoms with Crippen molar-refractivity contribution in [3.8, 4) is 0 Å². The van der Waals surface area contributed by atoms with Gasteiger partial charge in [0.25, 0.3) is 0 Å². The van der Waals surface area contributed by atoms with E-state index in [1.165, 1.54) is 13.8 Å². The van der Waals surface area contributed by atoms with Gasteiger partial charge < -0.3 is 15.3 Å². The predicted molar refractivity (Wildman–Crippen MR) is 95.5 cm³/mol. The SMILES string of the molecule is Cc1ccc2c(c1CC[C@H](O)C(C)(C)O)C(=O)C(=O)C(C(C)C)=C2O. The minimum Gasteiger partial charge on any atom is -0.507 e. The first-order chi connectivity index (χ1) is 11.5. The number of fused-ring (bicyclic) bond motifs is 1. The molecule has 0 aliphatic heterocycles. The van der Waals surface area contributed by atoms with Crippen LogP contribution in [0.1, 0.15) is 61.2 Å². The summed E-state index contributed by atoms with van der Waals surface area (Å²) in [5.41, 5.74) is 0.914. The van der Waals surface area contributed by atoms with Crippen molar-refractivity contribution in [2.75, 3.05) is 0 Å². The van der Waals surface area contributed by atoms with Crippen LogP contribution in [-0.2, 0) is 11.2 Å². The number of hydrogen-bond donors (Lipinski definition) is 3. The van der Waals surface area contributed by atoms with Crippen molar-refractivity contribution in [3.63, 3.8) is 0 Å². The summed E-state index contributed by atoms with van der Waals surface area (Å²) in [5, 5.41) is 30.5. The van der Waals surface area contributed by atoms with E-state index in [1.54, 1.807) is 26.0 Å². The molecule has 0 aromatic heterocycles. The molecule has 5 heteroatoms. The van der Waals surface area contributed by atoms with Gasteiger partial charge in [-0.2, -0.15) is 0 Å². The summed E-state index contributed by atoms with van der Waals surface area (Å²) in [4.78, 5) is 25.1. The number of hydrogen-bond acceptors (Lipinski definition) is 5. The fourth-order valence-electron chi connectivity index (χ4n) is 3.19. The maximum absolute atomic E-state index is 12.7. The van der Waals surface area contributed by atoms with Crippen LogP contribution in [-0.4, -0.2) is 38.6 Å². The van der Waals surface area contributed by atoms with Gasteiger partial charge in [-0.25, -0.2) is 0 Å². The van der Waals surface area contributed by atoms with Gasteiger partial charge in [-0.05, 0) is 50.7 Å². The highest BCUT2D eigenvalue weighted by molar-refractivity contribution is 6.52. The van der Waals surface area contributed by atoms with E-state index < -0.39 is 23.3 Å². The van der Waals surface area contributed by atoms with Gasteiger partial charge in [0.1, 0.15) is 5.76 Å². The molecule has 1 aliphatic rings. The third kappa shape index (κ3) is 3.53. The van der Waals surface area contributed by atoms with E-state index in [-0.39, 0.29) is 29.2 Å². The second-order valence-electron chi connectivity index (χ2n) is 7.57. The van der Waals surface area contributed by atoms with Gasteiger partial charge in [-0.15, -0.1) is 0 Å². The van der Waals surface area contributed by atoms with Gasteiger partial charge in [0.15, 0.2) is 0 Å². The van der Waals surface area contributed by atoms with Gasteiger partial charge >= 0.3 is 0 Å². The number of rotatable bonds is 5. The highest BCUT2D eigenvalue weighted by Crippen LogP contribution is 2.35. The molecule has 1 aliphatic carbocycles. The highest BCUT2D eigenvalue weighted by atomic mass is 16.3. The summed E-state index contributed by atoms with van der Waals surface area (Å²) >= 11 is 0. The smallest absolute Gasteiger partial charge is 0.234 e. The Hall–Kier alpha value is -1.98. The molecule has 0 saturated heterocycles. The summed E-state index contributed by atoms with van der Waals surface area (Å²) in [6, 6.07) is 3.45. The van der Waals surface area contributed by atoms with E-state index in [9.17, 15) is 24.9 Å². The Bertz CT molecular complexity index is 750. The first-order valence-electron chi connectivity index (χ1n) is 8.52. The standard InChI is InChI=1S/C20H26O5/c1-10(2)15-17(22)13-7-6-11(3)12(16(13)19(24)18(15)23)8-9-14(21)20(4,5)25/h6-7,10,14,21-22,25H,8-9H2,1-5H3/t14-/m0/s1. The van der Waals surface area contributed by atoms with Crippen molar-refractivity contribution >= 4 is 17.3 Å². The topological polar surface area (TPSA) is 94.8 Å². The van der Waals surface area contributed by atoms with Crippen LogP contribution in [0, 0.1) is 12.8 Å². The summed E-state index contributed by atoms with van der Waals surface area (Å²) in [6.45, 7) is 8.38. The number of benzene rings is 1. The van der Waals surface area contributed by atoms with Crippen molar-refractivity contribution in [1.29, 1.82) is 0 Å². The van der Waals surface area contributed by atoms with Crippen LogP contribution in [0.5, 0.6) is 0 Å². The maximum atomic E-state index is 12.7. The van der Waals surface area contributed by atoms with E-state index in [2.05, 4.69) is 0 Å². The monoisotopic (exact) mass is 346 g/mol. The van der Waals surface area contributed by atoms with Crippen LogP contribution in [0.4, 0.5) is 0 Å². The Morgan fingerprint density at radius 3 is 2.24 bits per heavy atom. The molecule has 3 N–H and O–H groups in total. The van der Waals surface area contributed by atoms with Crippen molar-refractivity contribution in [2.45, 2.75) is 59.2 Å². The fraction of sp³-hybridized carbons (Fsp3) is 0.500. The van der Waals surface area contributed by atoms with Crippen LogP contribution in [0.3, 0.4) is 0 Å². The molecular weight excluding hydrogens is 320 g/mol. The fourth-order valence-corrected chi connectivity index (χ4v) is 3.19. The Morgan fingerprint density at radius 2 is 1.72 bits per heavy atom. The predicted octanol–water partition coefficient (Wildman–Crippen LogP) is 2.75. The van der Waals surface area contributed by atoms with Crippen LogP contribution in [0.2, 0.25) is 0 Å². The molecule has 1 aromatic rings. The molecule has 0 radical (unpaired) electrons. The molecule has 0 amide bonds. The zero-order chi connectivity index (χ0) is 19.1. The molecule has 0 heterocycles. The second-order valence-corrected chi connectivity index (χ2v) is 7.57. The van der Waals surface area contributed by atoms with Crippen LogP contribution >= 0.6 is 0 Å². The summed E-state index contributed by atoms with van der Waals surface area (Å²) < 4.78 is 0. The lowest BCUT2D eigenvalue weighted by Crippen LogP contribution is -2.36. The van der Waals surface area contributed by atoms with Gasteiger partial charge in [-0.3, -0.25) is 9.59 Å². The van der Waals surface area contributed by atoms with Crippen LogP contribution < -0.4 is 0 Å². The molecule has 1 aromatic carbocycles. The third-order valence-electron chi connectivity index (χ3n) is 4.80. The molecule has 0 saturated carbocycles. The van der Waals surface area contributed by atoms with Crippen LogP contribution in [0.25, 0.3) is 5.76 Å². The minimum absolute atomic E-state index is 0.140. The van der Waals surface area contributed by atoms with Gasteiger partial charge in [0.05, 0.1) is 11.7 Å². The summed E-state index contributed by atoms with van der Waals surface area (Å²) in [7, 11) is 0. The molecular formula is C20H26O5. The summed E-state index contributed by atoms with van der Waals surface area (Å²) in [6.07, 6.45) is -0.403. The van der Waals surface area contributed by atoms with E-state index in [1.807, 2.05) is 6.92 Å². The van der Waals surface area contributed by atoms with Crippen molar-refractivity contribution < 1.29 is 24.9 Å². The number of allylic oxidation sites excluding steroid dienone is 1. The lowest BCUT2D eigenvalue weighted by atomic mass is 9.79. The second kappa shape index (κ2) is 6.73. The Labute approximate surface area is 148 Å². The highest BCUT2D eigenvalue weighted by Gasteiger charge is 2.36. The first kappa shape index (κ1) is 19.3. The maximum Gasteiger partial charge on any atom is 0.234 e. The van der Waals surface area contributed by atoms with Gasteiger partial charge in [-0.1, -0.05) is 26.0 Å². The van der Waals surface area contributed by atoms with Gasteiger partial charge in [0, 0.05) is 16.7 Å². The minimum atomic E-state index is -1.25. The molecule has 1 atom stereocenters. The molecule has 5 nitrogen and oxygen atoms in total. The number of carbonyl (C=O) groups excluding carboxylic acids is 2. The number of Topliss-reactive ketones (excluding diaryl/α,β-unsaturated/α-hetero) is 2. The molecule has 0 fully saturated rings. The average molecular weight is 346 g/mol. The normalized spacial score (nSPS) is 16.5. The lowest BCUT2D eigenvalue weighted by molar-refractivity contribution is -0.112. The van der Waals surface area contributed by atoms with E-state index in [0.717, 1.165) is 5.56 Å². The van der Waals surface area contributed by atoms with E-state index in [0.29, 0.717) is 17.5 Å². The molecule has 0 unspecified atom stereocenters. The number of aliphatic hydroxyl groups excluding tert-OH is 2. The molecule has 136 valence electrons. The Kier molecular flexibility index (Phi) is 5.21.